The third kappa shape index (κ3) is 4.27. The lowest BCUT2D eigenvalue weighted by molar-refractivity contribution is 0.0295. The second-order valence-corrected chi connectivity index (χ2v) is 8.13. The third-order valence-electron chi connectivity index (χ3n) is 4.66. The summed E-state index contributed by atoms with van der Waals surface area (Å²) >= 11 is 0. The number of rotatable bonds is 3. The molecule has 2 N–H and O–H groups in total. The van der Waals surface area contributed by atoms with Crippen LogP contribution in [0.2, 0.25) is 0 Å². The number of imide groups is 1. The van der Waals surface area contributed by atoms with Gasteiger partial charge in [0.1, 0.15) is 5.60 Å². The van der Waals surface area contributed by atoms with Crippen molar-refractivity contribution in [3.8, 4) is 0 Å². The molecule has 1 aliphatic heterocycles. The summed E-state index contributed by atoms with van der Waals surface area (Å²) in [5, 5.41) is 0. The fourth-order valence-electron chi connectivity index (χ4n) is 3.29. The summed E-state index contributed by atoms with van der Waals surface area (Å²) in [5.74, 6) is 0. The van der Waals surface area contributed by atoms with Crippen LogP contribution in [0.1, 0.15) is 43.5 Å². The van der Waals surface area contributed by atoms with Gasteiger partial charge in [0.25, 0.3) is 0 Å². The fraction of sp³-hybridized carbons (Fsp3) is 0.364. The largest absolute Gasteiger partial charge is 0.443 e. The molecule has 0 unspecified atom stereocenters. The predicted molar refractivity (Wildman–Crippen MR) is 109 cm³/mol. The van der Waals surface area contributed by atoms with Crippen LogP contribution in [0, 0.1) is 6.92 Å². The highest BCUT2D eigenvalue weighted by Crippen LogP contribution is 2.32. The van der Waals surface area contributed by atoms with E-state index in [4.69, 9.17) is 10.5 Å². The van der Waals surface area contributed by atoms with E-state index >= 15 is 0 Å². The van der Waals surface area contributed by atoms with Crippen molar-refractivity contribution < 1.29 is 14.3 Å². The molecule has 0 spiro atoms. The lowest BCUT2D eigenvalue weighted by Crippen LogP contribution is -2.40. The molecule has 2 aromatic rings. The van der Waals surface area contributed by atoms with Crippen LogP contribution < -0.4 is 5.73 Å². The fourth-order valence-corrected chi connectivity index (χ4v) is 3.29. The predicted octanol–water partition coefficient (Wildman–Crippen LogP) is 4.49. The van der Waals surface area contributed by atoms with Gasteiger partial charge in [0.2, 0.25) is 0 Å². The van der Waals surface area contributed by atoms with Gasteiger partial charge in [-0.2, -0.15) is 0 Å². The van der Waals surface area contributed by atoms with E-state index in [0.29, 0.717) is 18.8 Å². The van der Waals surface area contributed by atoms with Gasteiger partial charge in [0, 0.05) is 18.8 Å². The van der Waals surface area contributed by atoms with Crippen molar-refractivity contribution in [3.63, 3.8) is 0 Å². The number of carbonyl (C=O) groups is 2. The van der Waals surface area contributed by atoms with Crippen LogP contribution in [0.25, 0.3) is 0 Å². The van der Waals surface area contributed by atoms with Crippen LogP contribution in [-0.4, -0.2) is 34.1 Å². The molecule has 0 bridgehead atoms. The van der Waals surface area contributed by atoms with E-state index in [1.54, 1.807) is 25.7 Å². The zero-order valence-electron chi connectivity index (χ0n) is 16.8. The van der Waals surface area contributed by atoms with Crippen LogP contribution in [0.15, 0.2) is 48.5 Å². The van der Waals surface area contributed by atoms with Crippen molar-refractivity contribution >= 4 is 17.8 Å². The summed E-state index contributed by atoms with van der Waals surface area (Å²) in [6, 6.07) is 14.5. The van der Waals surface area contributed by atoms with E-state index in [2.05, 4.69) is 0 Å². The van der Waals surface area contributed by atoms with Gasteiger partial charge in [-0.3, -0.25) is 0 Å². The van der Waals surface area contributed by atoms with Gasteiger partial charge in [-0.1, -0.05) is 42.5 Å². The molecule has 1 fully saturated rings. The van der Waals surface area contributed by atoms with E-state index in [0.717, 1.165) is 16.7 Å². The highest BCUT2D eigenvalue weighted by molar-refractivity contribution is 5.93. The average Bonchev–Trinajstić information content (AvgIpc) is 2.94. The number of anilines is 1. The number of amides is 3. The number of nitrogens with two attached hydrogens (primary N) is 1. The molecule has 2 aromatic carbocycles. The Balaban J connectivity index is 1.88. The number of urea groups is 1. The quantitative estimate of drug-likeness (QED) is 0.795. The molecule has 148 valence electrons. The normalized spacial score (nSPS) is 17.1. The topological polar surface area (TPSA) is 75.9 Å². The van der Waals surface area contributed by atoms with Crippen molar-refractivity contribution in [1.82, 2.24) is 9.80 Å². The lowest BCUT2D eigenvalue weighted by Gasteiger charge is -2.26. The number of aryl methyl sites for hydroxylation is 1. The molecule has 28 heavy (non-hydrogen) atoms. The van der Waals surface area contributed by atoms with E-state index < -0.39 is 17.7 Å². The van der Waals surface area contributed by atoms with Gasteiger partial charge < -0.3 is 15.4 Å². The van der Waals surface area contributed by atoms with E-state index in [1.165, 1.54) is 4.90 Å². The number of ether oxygens (including phenoxy) is 1. The Morgan fingerprint density at radius 1 is 1.18 bits per heavy atom. The van der Waals surface area contributed by atoms with Crippen molar-refractivity contribution in [2.45, 2.75) is 45.9 Å². The molecule has 3 rings (SSSR count). The molecule has 1 saturated heterocycles. The maximum Gasteiger partial charge on any atom is 0.419 e. The minimum Gasteiger partial charge on any atom is -0.443 e. The summed E-state index contributed by atoms with van der Waals surface area (Å²) in [7, 11) is 0. The van der Waals surface area contributed by atoms with Gasteiger partial charge in [-0.05, 0) is 50.5 Å². The number of benzene rings is 2. The monoisotopic (exact) mass is 381 g/mol. The van der Waals surface area contributed by atoms with E-state index in [1.807, 2.05) is 55.5 Å². The summed E-state index contributed by atoms with van der Waals surface area (Å²) in [6.45, 7) is 8.12. The Bertz CT molecular complexity index is 874. The summed E-state index contributed by atoms with van der Waals surface area (Å²) in [6.07, 6.45) is -0.623. The summed E-state index contributed by atoms with van der Waals surface area (Å²) in [5.41, 5.74) is 8.77. The first-order valence-corrected chi connectivity index (χ1v) is 9.37. The highest BCUT2D eigenvalue weighted by atomic mass is 16.6. The van der Waals surface area contributed by atoms with Crippen LogP contribution in [0.3, 0.4) is 0 Å². The van der Waals surface area contributed by atoms with Gasteiger partial charge in [0.05, 0.1) is 6.04 Å². The Morgan fingerprint density at radius 3 is 2.46 bits per heavy atom. The van der Waals surface area contributed by atoms with Gasteiger partial charge in [0.15, 0.2) is 0 Å². The van der Waals surface area contributed by atoms with Crippen molar-refractivity contribution in [2.24, 2.45) is 0 Å². The van der Waals surface area contributed by atoms with Gasteiger partial charge in [-0.25, -0.2) is 14.5 Å². The zero-order valence-corrected chi connectivity index (χ0v) is 16.8. The highest BCUT2D eigenvalue weighted by Gasteiger charge is 2.43. The summed E-state index contributed by atoms with van der Waals surface area (Å²) < 4.78 is 5.50. The molecule has 0 radical (unpaired) electrons. The lowest BCUT2D eigenvalue weighted by atomic mass is 10.1. The smallest absolute Gasteiger partial charge is 0.419 e. The third-order valence-corrected chi connectivity index (χ3v) is 4.66. The molecule has 1 heterocycles. The first-order chi connectivity index (χ1) is 13.2. The molecule has 0 saturated carbocycles. The Labute approximate surface area is 165 Å². The van der Waals surface area contributed by atoms with Crippen molar-refractivity contribution in [1.29, 1.82) is 0 Å². The Morgan fingerprint density at radius 2 is 1.86 bits per heavy atom. The van der Waals surface area contributed by atoms with Crippen molar-refractivity contribution in [3.05, 3.63) is 65.2 Å². The molecule has 6 heteroatoms. The van der Waals surface area contributed by atoms with Gasteiger partial charge >= 0.3 is 12.1 Å². The first-order valence-electron chi connectivity index (χ1n) is 9.37. The number of nitrogen functional groups attached to an aromatic ring is 1. The molecule has 6 nitrogen and oxygen atoms in total. The van der Waals surface area contributed by atoms with E-state index in [9.17, 15) is 9.59 Å². The molecule has 3 amide bonds. The number of hydrogen-bond acceptors (Lipinski definition) is 4. The molecular formula is C22H27N3O3. The molecule has 0 aromatic heterocycles. The minimum atomic E-state index is -0.680. The second-order valence-electron chi connectivity index (χ2n) is 8.13. The van der Waals surface area contributed by atoms with Crippen LogP contribution in [-0.2, 0) is 11.3 Å². The first kappa shape index (κ1) is 19.7. The number of carbonyl (C=O) groups excluding carboxylic acids is 2. The molecule has 1 aliphatic rings. The number of nitrogens with zero attached hydrogens (tertiary/aromatic N) is 2. The molecule has 0 aliphatic carbocycles. The SMILES string of the molecule is Cc1cc(CN2C[C@H](c3ccccc3)N(C(=O)OC(C)(C)C)C2=O)ccc1N. The van der Waals surface area contributed by atoms with Crippen LogP contribution >= 0.6 is 0 Å². The Hall–Kier alpha value is -3.02. The van der Waals surface area contributed by atoms with Crippen LogP contribution in [0.5, 0.6) is 0 Å². The standard InChI is InChI=1S/C22H27N3O3/c1-15-12-16(10-11-18(15)23)13-24-14-19(17-8-6-5-7-9-17)25(20(24)26)21(27)28-22(2,3)4/h5-12,19H,13-14,23H2,1-4H3/t19-/m1/s1. The zero-order chi connectivity index (χ0) is 20.5. The maximum absolute atomic E-state index is 13.1. The van der Waals surface area contributed by atoms with Gasteiger partial charge in [-0.15, -0.1) is 0 Å². The molecule has 1 atom stereocenters. The number of hydrogen-bond donors (Lipinski definition) is 1. The molecular weight excluding hydrogens is 354 g/mol. The average molecular weight is 381 g/mol. The van der Waals surface area contributed by atoms with Crippen molar-refractivity contribution in [2.75, 3.05) is 12.3 Å². The maximum atomic E-state index is 13.1. The Kier molecular flexibility index (Phi) is 5.31. The summed E-state index contributed by atoms with van der Waals surface area (Å²) in [4.78, 5) is 28.8. The minimum absolute atomic E-state index is 0.349. The van der Waals surface area contributed by atoms with E-state index in [-0.39, 0.29) is 6.03 Å². The van der Waals surface area contributed by atoms with Crippen LogP contribution in [0.4, 0.5) is 15.3 Å². The second kappa shape index (κ2) is 7.54.